The minimum Gasteiger partial charge on any atom is -0.239 e. The maximum absolute atomic E-state index is 15.8. The molecule has 0 N–H and O–H groups in total. The molecule has 0 saturated heterocycles. The fourth-order valence-corrected chi connectivity index (χ4v) is 3.46. The minimum absolute atomic E-state index is 0.00426. The number of benzene rings is 2. The van der Waals surface area contributed by atoms with E-state index in [0.29, 0.717) is 11.1 Å². The molecule has 0 aliphatic heterocycles. The van der Waals surface area contributed by atoms with Gasteiger partial charge in [-0.1, -0.05) is 60.7 Å². The predicted molar refractivity (Wildman–Crippen MR) is 91.6 cm³/mol. The normalized spacial score (nSPS) is 26.3. The maximum atomic E-state index is 15.8. The Morgan fingerprint density at radius 1 is 1.04 bits per heavy atom. The van der Waals surface area contributed by atoms with E-state index in [0.717, 1.165) is 0 Å². The minimum atomic E-state index is -2.09. The van der Waals surface area contributed by atoms with Crippen molar-refractivity contribution in [2.45, 2.75) is 30.6 Å². The van der Waals surface area contributed by atoms with Gasteiger partial charge in [0.2, 0.25) is 0 Å². The van der Waals surface area contributed by atoms with Gasteiger partial charge in [0.25, 0.3) is 0 Å². The van der Waals surface area contributed by atoms with Crippen LogP contribution in [0, 0.1) is 5.82 Å². The molecule has 3 heteroatoms. The van der Waals surface area contributed by atoms with Crippen LogP contribution < -0.4 is 0 Å². The highest BCUT2D eigenvalue weighted by Gasteiger charge is 2.46. The predicted octanol–water partition coefficient (Wildman–Crippen LogP) is 6.29. The third-order valence-electron chi connectivity index (χ3n) is 4.46. The van der Waals surface area contributed by atoms with E-state index in [9.17, 15) is 8.78 Å². The topological polar surface area (TPSA) is 0 Å². The lowest BCUT2D eigenvalue weighted by Gasteiger charge is -2.36. The molecule has 0 bridgehead atoms. The Morgan fingerprint density at radius 2 is 1.79 bits per heavy atom. The van der Waals surface area contributed by atoms with E-state index in [2.05, 4.69) is 6.58 Å². The summed E-state index contributed by atoms with van der Waals surface area (Å²) < 4.78 is 45.3. The smallest absolute Gasteiger partial charge is 0.146 e. The van der Waals surface area contributed by atoms with Crippen LogP contribution >= 0.6 is 0 Å². The van der Waals surface area contributed by atoms with Crippen molar-refractivity contribution in [2.75, 3.05) is 0 Å². The second kappa shape index (κ2) is 6.31. The molecule has 2 unspecified atom stereocenters. The third kappa shape index (κ3) is 3.03. The molecule has 2 aromatic rings. The Labute approximate surface area is 140 Å². The van der Waals surface area contributed by atoms with Gasteiger partial charge in [0.1, 0.15) is 17.2 Å². The van der Waals surface area contributed by atoms with Gasteiger partial charge in [0.05, 0.1) is 0 Å². The molecule has 0 aromatic heterocycles. The van der Waals surface area contributed by atoms with Crippen molar-refractivity contribution in [3.05, 3.63) is 84.7 Å². The van der Waals surface area contributed by atoms with Gasteiger partial charge in [-0.05, 0) is 17.2 Å². The molecule has 1 aliphatic carbocycles. The molecule has 0 fully saturated rings. The maximum Gasteiger partial charge on any atom is 0.146 e. The van der Waals surface area contributed by atoms with Crippen molar-refractivity contribution in [1.29, 1.82) is 0 Å². The second-order valence-corrected chi connectivity index (χ2v) is 6.30. The van der Waals surface area contributed by atoms with E-state index in [1.54, 1.807) is 24.3 Å². The molecule has 0 spiro atoms. The van der Waals surface area contributed by atoms with Gasteiger partial charge in [-0.3, -0.25) is 0 Å². The number of rotatable bonds is 4. The average molecular weight is 328 g/mol. The lowest BCUT2D eigenvalue weighted by atomic mass is 9.74. The van der Waals surface area contributed by atoms with Gasteiger partial charge >= 0.3 is 0 Å². The van der Waals surface area contributed by atoms with Gasteiger partial charge < -0.3 is 0 Å². The third-order valence-corrected chi connectivity index (χ3v) is 4.46. The molecule has 0 radical (unpaired) electrons. The molecule has 0 amide bonds. The molecule has 3 rings (SSSR count). The van der Waals surface area contributed by atoms with Crippen LogP contribution in [0.5, 0.6) is 0 Å². The first-order valence-corrected chi connectivity index (χ1v) is 7.98. The molecular formula is C21H19F3. The molecule has 0 nitrogen and oxygen atoms in total. The van der Waals surface area contributed by atoms with E-state index in [1.807, 2.05) is 18.2 Å². The molecule has 124 valence electrons. The van der Waals surface area contributed by atoms with Gasteiger partial charge in [-0.15, -0.1) is 6.58 Å². The molecule has 2 aromatic carbocycles. The van der Waals surface area contributed by atoms with Crippen LogP contribution in [-0.2, 0) is 5.67 Å². The summed E-state index contributed by atoms with van der Waals surface area (Å²) in [5, 5.41) is 0. The highest BCUT2D eigenvalue weighted by atomic mass is 19.2. The van der Waals surface area contributed by atoms with Crippen LogP contribution in [0.2, 0.25) is 0 Å². The summed E-state index contributed by atoms with van der Waals surface area (Å²) >= 11 is 0. The van der Waals surface area contributed by atoms with Crippen molar-refractivity contribution in [2.24, 2.45) is 0 Å². The van der Waals surface area contributed by atoms with Crippen LogP contribution in [0.1, 0.15) is 24.8 Å². The van der Waals surface area contributed by atoms with E-state index in [1.165, 1.54) is 24.3 Å². The highest BCUT2D eigenvalue weighted by molar-refractivity contribution is 5.69. The first-order chi connectivity index (χ1) is 11.5. The summed E-state index contributed by atoms with van der Waals surface area (Å²) in [5.74, 6) is -0.643. The lowest BCUT2D eigenvalue weighted by Crippen LogP contribution is -2.36. The van der Waals surface area contributed by atoms with Gasteiger partial charge in [0, 0.05) is 24.8 Å². The van der Waals surface area contributed by atoms with Crippen LogP contribution in [0.15, 0.2) is 73.3 Å². The zero-order valence-corrected chi connectivity index (χ0v) is 13.3. The number of hydrogen-bond acceptors (Lipinski definition) is 0. The van der Waals surface area contributed by atoms with Gasteiger partial charge in [0.15, 0.2) is 0 Å². The van der Waals surface area contributed by atoms with Crippen molar-refractivity contribution in [1.82, 2.24) is 0 Å². The molecular weight excluding hydrogens is 309 g/mol. The van der Waals surface area contributed by atoms with Gasteiger partial charge in [-0.25, -0.2) is 13.2 Å². The van der Waals surface area contributed by atoms with Crippen molar-refractivity contribution in [3.8, 4) is 11.1 Å². The number of allylic oxidation sites excluding steroid dienone is 3. The summed E-state index contributed by atoms with van der Waals surface area (Å²) in [7, 11) is 0. The SMILES string of the molecule is C=CCC1(F)C=CCC(F)(c2c(F)cccc2-c2ccccc2)C1. The average Bonchev–Trinajstić information content (AvgIpc) is 2.55. The fraction of sp³-hybridized carbons (Fsp3) is 0.238. The molecule has 2 atom stereocenters. The number of hydrogen-bond donors (Lipinski definition) is 0. The lowest BCUT2D eigenvalue weighted by molar-refractivity contribution is 0.0583. The Bertz CT molecular complexity index is 766. The molecule has 24 heavy (non-hydrogen) atoms. The van der Waals surface area contributed by atoms with Crippen LogP contribution in [-0.4, -0.2) is 5.67 Å². The van der Waals surface area contributed by atoms with Crippen molar-refractivity contribution < 1.29 is 13.2 Å². The number of alkyl halides is 2. The first kappa shape index (κ1) is 16.6. The van der Waals surface area contributed by atoms with Crippen LogP contribution in [0.3, 0.4) is 0 Å². The van der Waals surface area contributed by atoms with Crippen LogP contribution in [0.25, 0.3) is 11.1 Å². The van der Waals surface area contributed by atoms with E-state index >= 15 is 4.39 Å². The van der Waals surface area contributed by atoms with Crippen LogP contribution in [0.4, 0.5) is 13.2 Å². The monoisotopic (exact) mass is 328 g/mol. The van der Waals surface area contributed by atoms with E-state index in [-0.39, 0.29) is 18.4 Å². The zero-order chi connectivity index (χ0) is 17.2. The van der Waals surface area contributed by atoms with Gasteiger partial charge in [-0.2, -0.15) is 0 Å². The summed E-state index contributed by atoms with van der Waals surface area (Å²) in [6.45, 7) is 3.53. The summed E-state index contributed by atoms with van der Waals surface area (Å²) in [6.07, 6.45) is 3.81. The Kier molecular flexibility index (Phi) is 4.35. The summed E-state index contributed by atoms with van der Waals surface area (Å²) in [5.41, 5.74) is -2.82. The molecule has 0 heterocycles. The van der Waals surface area contributed by atoms with E-state index < -0.39 is 23.6 Å². The Balaban J connectivity index is 2.12. The Hall–Kier alpha value is -2.29. The largest absolute Gasteiger partial charge is 0.239 e. The molecule has 1 aliphatic rings. The number of halogens is 3. The fourth-order valence-electron chi connectivity index (χ4n) is 3.46. The first-order valence-electron chi connectivity index (χ1n) is 7.98. The molecule has 0 saturated carbocycles. The quantitative estimate of drug-likeness (QED) is 0.578. The second-order valence-electron chi connectivity index (χ2n) is 6.30. The Morgan fingerprint density at radius 3 is 2.50 bits per heavy atom. The summed E-state index contributed by atoms with van der Waals surface area (Å²) in [6, 6.07) is 13.5. The van der Waals surface area contributed by atoms with E-state index in [4.69, 9.17) is 0 Å². The zero-order valence-electron chi connectivity index (χ0n) is 13.3. The highest BCUT2D eigenvalue weighted by Crippen LogP contribution is 2.48. The standard InChI is InChI=1S/C21H19F3/c1-2-12-20(23)13-7-14-21(24,15-20)19-17(10-6-11-18(19)22)16-8-4-3-5-9-16/h2-11,13H,1,12,14-15H2. The van der Waals surface area contributed by atoms with Crippen molar-refractivity contribution in [3.63, 3.8) is 0 Å². The summed E-state index contributed by atoms with van der Waals surface area (Å²) in [4.78, 5) is 0. The van der Waals surface area contributed by atoms with Crippen molar-refractivity contribution >= 4 is 0 Å².